The van der Waals surface area contributed by atoms with Crippen molar-refractivity contribution >= 4 is 53.5 Å². The van der Waals surface area contributed by atoms with Crippen molar-refractivity contribution in [2.45, 2.75) is 43.0 Å². The fraction of sp³-hybridized carbons (Fsp3) is 0.348. The zero-order chi connectivity index (χ0) is 27.4. The van der Waals surface area contributed by atoms with Crippen LogP contribution in [-0.2, 0) is 36.1 Å². The Labute approximate surface area is 219 Å². The van der Waals surface area contributed by atoms with Crippen LogP contribution >= 0.6 is 11.3 Å². The minimum atomic E-state index is -3.97. The van der Waals surface area contributed by atoms with Crippen LogP contribution in [0.5, 0.6) is 0 Å². The first-order valence-electron chi connectivity index (χ1n) is 11.3. The molecule has 14 heteroatoms. The van der Waals surface area contributed by atoms with E-state index in [1.165, 1.54) is 58.4 Å². The van der Waals surface area contributed by atoms with Crippen molar-refractivity contribution in [3.8, 4) is 0 Å². The van der Waals surface area contributed by atoms with Gasteiger partial charge >= 0.3 is 5.97 Å². The molecule has 0 bridgehead atoms. The molecule has 0 aliphatic heterocycles. The van der Waals surface area contributed by atoms with E-state index < -0.39 is 31.9 Å². The summed E-state index contributed by atoms with van der Waals surface area (Å²) in [7, 11) is -6.45. The summed E-state index contributed by atoms with van der Waals surface area (Å²) in [5.41, 5.74) is 0.603. The van der Waals surface area contributed by atoms with E-state index in [2.05, 4.69) is 4.99 Å². The van der Waals surface area contributed by atoms with E-state index in [9.17, 15) is 26.4 Å². The van der Waals surface area contributed by atoms with Crippen molar-refractivity contribution in [3.63, 3.8) is 0 Å². The molecule has 2 N–H and O–H groups in total. The Hall–Kier alpha value is -2.91. The van der Waals surface area contributed by atoms with E-state index in [0.29, 0.717) is 36.1 Å². The monoisotopic (exact) mass is 568 g/mol. The number of amides is 1. The van der Waals surface area contributed by atoms with Gasteiger partial charge in [-0.3, -0.25) is 9.59 Å². The third-order valence-electron chi connectivity index (χ3n) is 5.38. The minimum Gasteiger partial charge on any atom is -0.468 e. The van der Waals surface area contributed by atoms with Crippen LogP contribution in [0.1, 0.15) is 37.0 Å². The molecular formula is C23H28N4O7S3. The van der Waals surface area contributed by atoms with Gasteiger partial charge in [-0.15, -0.1) is 0 Å². The van der Waals surface area contributed by atoms with Gasteiger partial charge in [-0.2, -0.15) is 9.30 Å². The third-order valence-corrected chi connectivity index (χ3v) is 9.24. The maximum Gasteiger partial charge on any atom is 0.325 e. The number of thiazole rings is 1. The van der Waals surface area contributed by atoms with Crippen molar-refractivity contribution in [1.82, 2.24) is 8.87 Å². The quantitative estimate of drug-likeness (QED) is 0.367. The average molecular weight is 569 g/mol. The summed E-state index contributed by atoms with van der Waals surface area (Å²) in [6.07, 6.45) is 1.35. The van der Waals surface area contributed by atoms with E-state index in [1.54, 1.807) is 0 Å². The Bertz CT molecular complexity index is 1580. The number of esters is 1. The molecule has 3 rings (SSSR count). The van der Waals surface area contributed by atoms with Gasteiger partial charge in [-0.25, -0.2) is 22.0 Å². The number of aromatic nitrogens is 1. The Morgan fingerprint density at radius 2 is 1.59 bits per heavy atom. The van der Waals surface area contributed by atoms with Crippen LogP contribution in [0.3, 0.4) is 0 Å². The Morgan fingerprint density at radius 1 is 1.00 bits per heavy atom. The van der Waals surface area contributed by atoms with Crippen LogP contribution in [0.15, 0.2) is 57.2 Å². The van der Waals surface area contributed by atoms with Gasteiger partial charge in [0.2, 0.25) is 20.0 Å². The first-order valence-corrected chi connectivity index (χ1v) is 15.1. The molecule has 200 valence electrons. The third kappa shape index (κ3) is 6.51. The van der Waals surface area contributed by atoms with Gasteiger partial charge in [-0.1, -0.05) is 25.2 Å². The van der Waals surface area contributed by atoms with Crippen LogP contribution in [0.25, 0.3) is 10.2 Å². The molecular weight excluding hydrogens is 540 g/mol. The van der Waals surface area contributed by atoms with Crippen molar-refractivity contribution < 1.29 is 31.2 Å². The van der Waals surface area contributed by atoms with Gasteiger partial charge in [-0.05, 0) is 55.3 Å². The molecule has 2 aromatic carbocycles. The number of nitrogens with zero attached hydrogens (tertiary/aromatic N) is 3. The van der Waals surface area contributed by atoms with Crippen molar-refractivity contribution in [3.05, 3.63) is 52.8 Å². The summed E-state index contributed by atoms with van der Waals surface area (Å²) in [5, 5.41) is 5.22. The Morgan fingerprint density at radius 3 is 2.14 bits per heavy atom. The predicted molar refractivity (Wildman–Crippen MR) is 139 cm³/mol. The second kappa shape index (κ2) is 11.6. The molecule has 0 aliphatic rings. The molecule has 0 fully saturated rings. The maximum absolute atomic E-state index is 13.0. The fourth-order valence-corrected chi connectivity index (χ4v) is 6.89. The number of primary sulfonamides is 1. The van der Waals surface area contributed by atoms with Crippen LogP contribution in [0, 0.1) is 0 Å². The summed E-state index contributed by atoms with van der Waals surface area (Å²) in [6, 6.07) is 9.59. The Balaban J connectivity index is 2.03. The summed E-state index contributed by atoms with van der Waals surface area (Å²) >= 11 is 0.997. The van der Waals surface area contributed by atoms with Crippen LogP contribution in [0.2, 0.25) is 0 Å². The predicted octanol–water partition coefficient (Wildman–Crippen LogP) is 2.07. The highest BCUT2D eigenvalue weighted by Crippen LogP contribution is 2.22. The molecule has 0 saturated heterocycles. The maximum atomic E-state index is 13.0. The topological polar surface area (TPSA) is 158 Å². The molecule has 37 heavy (non-hydrogen) atoms. The second-order valence-electron chi connectivity index (χ2n) is 8.07. The van der Waals surface area contributed by atoms with Crippen molar-refractivity contribution in [2.24, 2.45) is 10.1 Å². The highest BCUT2D eigenvalue weighted by Gasteiger charge is 2.23. The Kier molecular flexibility index (Phi) is 9.02. The number of hydrogen-bond donors (Lipinski definition) is 1. The van der Waals surface area contributed by atoms with Gasteiger partial charge in [0.15, 0.2) is 4.80 Å². The zero-order valence-electron chi connectivity index (χ0n) is 20.6. The number of carbonyl (C=O) groups excluding carboxylic acids is 2. The lowest BCUT2D eigenvalue weighted by molar-refractivity contribution is -0.141. The molecule has 1 aromatic heterocycles. The van der Waals surface area contributed by atoms with E-state index >= 15 is 0 Å². The van der Waals surface area contributed by atoms with Gasteiger partial charge in [0, 0.05) is 18.7 Å². The lowest BCUT2D eigenvalue weighted by Gasteiger charge is -2.21. The van der Waals surface area contributed by atoms with Gasteiger partial charge < -0.3 is 9.30 Å². The molecule has 0 spiro atoms. The minimum absolute atomic E-state index is 0.0732. The summed E-state index contributed by atoms with van der Waals surface area (Å²) < 4.78 is 57.5. The lowest BCUT2D eigenvalue weighted by atomic mass is 10.2. The van der Waals surface area contributed by atoms with Gasteiger partial charge in [0.1, 0.15) is 6.54 Å². The second-order valence-corrected chi connectivity index (χ2v) is 12.6. The normalized spacial score (nSPS) is 12.8. The van der Waals surface area contributed by atoms with Crippen LogP contribution in [0.4, 0.5) is 0 Å². The molecule has 1 heterocycles. The smallest absolute Gasteiger partial charge is 0.325 e. The summed E-state index contributed by atoms with van der Waals surface area (Å²) in [5.74, 6) is -1.26. The molecule has 0 atom stereocenters. The first-order chi connectivity index (χ1) is 17.4. The van der Waals surface area contributed by atoms with Crippen LogP contribution < -0.4 is 9.94 Å². The van der Waals surface area contributed by atoms with Crippen molar-refractivity contribution in [2.75, 3.05) is 20.2 Å². The van der Waals surface area contributed by atoms with Crippen LogP contribution in [-0.4, -0.2) is 57.8 Å². The first kappa shape index (κ1) is 28.7. The highest BCUT2D eigenvalue weighted by atomic mass is 32.2. The summed E-state index contributed by atoms with van der Waals surface area (Å²) in [4.78, 5) is 29.2. The number of sulfonamides is 2. The molecule has 0 aliphatic carbocycles. The number of rotatable bonds is 10. The number of nitrogens with two attached hydrogens (primary N) is 1. The van der Waals surface area contributed by atoms with Crippen molar-refractivity contribution in [1.29, 1.82) is 0 Å². The van der Waals surface area contributed by atoms with E-state index in [-0.39, 0.29) is 26.7 Å². The molecule has 0 saturated carbocycles. The number of fused-ring (bicyclic) bond motifs is 1. The lowest BCUT2D eigenvalue weighted by Crippen LogP contribution is -2.32. The molecule has 11 nitrogen and oxygen atoms in total. The number of methoxy groups -OCH3 is 1. The SMILES string of the molecule is CCCN(CCC)S(=O)(=O)c1ccc(C(=O)N=c2sc3cc(S(N)(=O)=O)ccc3n2CC(=O)OC)cc1. The number of hydrogen-bond acceptors (Lipinski definition) is 8. The van der Waals surface area contributed by atoms with Gasteiger partial charge in [0.05, 0.1) is 27.1 Å². The number of carbonyl (C=O) groups is 2. The molecule has 1 amide bonds. The van der Waals surface area contributed by atoms with E-state index in [1.807, 2.05) is 13.8 Å². The number of benzene rings is 2. The largest absolute Gasteiger partial charge is 0.468 e. The molecule has 0 radical (unpaired) electrons. The zero-order valence-corrected chi connectivity index (χ0v) is 23.0. The molecule has 3 aromatic rings. The number of ether oxygens (including phenoxy) is 1. The average Bonchev–Trinajstić information content (AvgIpc) is 3.19. The summed E-state index contributed by atoms with van der Waals surface area (Å²) in [6.45, 7) is 4.32. The van der Waals surface area contributed by atoms with Gasteiger partial charge in [0.25, 0.3) is 5.91 Å². The fourth-order valence-electron chi connectivity index (χ4n) is 3.58. The van der Waals surface area contributed by atoms with E-state index in [0.717, 1.165) is 11.3 Å². The van der Waals surface area contributed by atoms with E-state index in [4.69, 9.17) is 9.88 Å². The molecule has 0 unspecified atom stereocenters. The highest BCUT2D eigenvalue weighted by molar-refractivity contribution is 7.89. The standard InChI is InChI=1S/C23H28N4O7S3/c1-4-12-26(13-5-2)37(32,33)17-8-6-16(7-9-17)22(29)25-23-27(15-21(28)34-3)19-11-10-18(36(24,30)31)14-20(19)35-23/h6-11,14H,4-5,12-13,15H2,1-3H3,(H2,24,30,31).